The fourth-order valence-corrected chi connectivity index (χ4v) is 1.19. The van der Waals surface area contributed by atoms with Crippen molar-refractivity contribution in [2.75, 3.05) is 13.2 Å². The Hall–Kier alpha value is -1.29. The van der Waals surface area contributed by atoms with Crippen LogP contribution in [-0.4, -0.2) is 26.0 Å². The van der Waals surface area contributed by atoms with Crippen LogP contribution in [0.1, 0.15) is 27.2 Å². The lowest BCUT2D eigenvalue weighted by molar-refractivity contribution is -0.161. The van der Waals surface area contributed by atoms with Crippen LogP contribution < -0.4 is 0 Å². The smallest absolute Gasteiger partial charge is 0.295 e. The van der Waals surface area contributed by atoms with E-state index >= 15 is 0 Å². The molecule has 0 fully saturated rings. The topological polar surface area (TPSA) is 44.8 Å². The van der Waals surface area contributed by atoms with Crippen LogP contribution in [0.15, 0.2) is 24.0 Å². The van der Waals surface area contributed by atoms with Gasteiger partial charge in [-0.25, -0.2) is 0 Å². The van der Waals surface area contributed by atoms with Crippen molar-refractivity contribution in [3.63, 3.8) is 0 Å². The zero-order valence-electron chi connectivity index (χ0n) is 8.85. The first-order valence-electron chi connectivity index (χ1n) is 5.03. The van der Waals surface area contributed by atoms with Gasteiger partial charge in [0, 0.05) is 0 Å². The van der Waals surface area contributed by atoms with Gasteiger partial charge in [-0.1, -0.05) is 13.5 Å². The second-order valence-corrected chi connectivity index (χ2v) is 3.11. The average Bonchev–Trinajstić information content (AvgIpc) is 2.26. The van der Waals surface area contributed by atoms with E-state index in [1.165, 1.54) is 0 Å². The molecule has 0 spiro atoms. The Kier molecular flexibility index (Phi) is 8.25. The van der Waals surface area contributed by atoms with Gasteiger partial charge < -0.3 is 14.2 Å². The summed E-state index contributed by atoms with van der Waals surface area (Å²) in [7, 11) is 0. The maximum Gasteiger partial charge on any atom is 0.295 e. The summed E-state index contributed by atoms with van der Waals surface area (Å²) < 4.78 is 15.1. The van der Waals surface area contributed by atoms with Crippen LogP contribution in [0.2, 0.25) is 0 Å². The van der Waals surface area contributed by atoms with Crippen molar-refractivity contribution >= 4 is 6.47 Å². The number of carbonyl (C=O) groups excluding carboxylic acids is 1. The zero-order valence-corrected chi connectivity index (χ0v) is 8.85. The molecule has 4 nitrogen and oxygen atoms in total. The van der Waals surface area contributed by atoms with Crippen LogP contribution in [0.4, 0.5) is 0 Å². The highest BCUT2D eigenvalue weighted by Gasteiger charge is 2.01. The van der Waals surface area contributed by atoms with Crippen LogP contribution in [0.25, 0.3) is 0 Å². The van der Waals surface area contributed by atoms with E-state index in [4.69, 9.17) is 9.47 Å². The fraction of sp³-hybridized carbons (Fsp3) is 0.583. The van der Waals surface area contributed by atoms with Crippen molar-refractivity contribution < 1.29 is 19.0 Å². The van der Waals surface area contributed by atoms with E-state index in [0.29, 0.717) is 19.7 Å². The molecule has 0 radical (unpaired) electrons. The Labute approximate surface area is 96.9 Å². The van der Waals surface area contributed by atoms with Crippen LogP contribution in [0.3, 0.4) is 0 Å². The van der Waals surface area contributed by atoms with Gasteiger partial charge in [0.05, 0.1) is 6.61 Å². The monoisotopic (exact) mass is 228 g/mol. The first kappa shape index (κ1) is 14.7. The molecule has 0 bridgehead atoms. The SMILES string of the molecule is C.CC(OC=O)OCCOC1=CCCC=C1. The van der Waals surface area contributed by atoms with E-state index in [-0.39, 0.29) is 7.43 Å². The molecular weight excluding hydrogens is 208 g/mol. The van der Waals surface area contributed by atoms with Crippen LogP contribution in [0, 0.1) is 0 Å². The number of allylic oxidation sites excluding steroid dienone is 3. The number of carbonyl (C=O) groups is 1. The van der Waals surface area contributed by atoms with E-state index in [1.807, 2.05) is 12.2 Å². The third-order valence-electron chi connectivity index (χ3n) is 1.91. The van der Waals surface area contributed by atoms with Gasteiger partial charge in [0.15, 0.2) is 6.29 Å². The lowest BCUT2D eigenvalue weighted by atomic mass is 10.2. The van der Waals surface area contributed by atoms with Gasteiger partial charge in [-0.3, -0.25) is 4.79 Å². The van der Waals surface area contributed by atoms with Crippen molar-refractivity contribution in [2.45, 2.75) is 33.5 Å². The maximum atomic E-state index is 9.94. The summed E-state index contributed by atoms with van der Waals surface area (Å²) in [5.41, 5.74) is 0. The van der Waals surface area contributed by atoms with Gasteiger partial charge in [-0.15, -0.1) is 0 Å². The van der Waals surface area contributed by atoms with Crippen LogP contribution in [0.5, 0.6) is 0 Å². The van der Waals surface area contributed by atoms with Gasteiger partial charge in [0.1, 0.15) is 12.4 Å². The summed E-state index contributed by atoms with van der Waals surface area (Å²) >= 11 is 0. The van der Waals surface area contributed by atoms with Crippen molar-refractivity contribution in [1.82, 2.24) is 0 Å². The fourth-order valence-electron chi connectivity index (χ4n) is 1.19. The van der Waals surface area contributed by atoms with Crippen LogP contribution in [-0.2, 0) is 19.0 Å². The van der Waals surface area contributed by atoms with Gasteiger partial charge in [0.25, 0.3) is 6.47 Å². The molecule has 4 heteroatoms. The molecule has 92 valence electrons. The van der Waals surface area contributed by atoms with Crippen molar-refractivity contribution in [3.8, 4) is 0 Å². The molecule has 0 aliphatic heterocycles. The molecule has 0 aromatic rings. The van der Waals surface area contributed by atoms with Crippen molar-refractivity contribution in [3.05, 3.63) is 24.0 Å². The van der Waals surface area contributed by atoms with E-state index in [9.17, 15) is 4.79 Å². The molecule has 1 rings (SSSR count). The minimum atomic E-state index is -0.512. The maximum absolute atomic E-state index is 9.94. The predicted octanol–water partition coefficient (Wildman–Crippen LogP) is 2.41. The first-order chi connectivity index (χ1) is 7.33. The highest BCUT2D eigenvalue weighted by atomic mass is 16.7. The second kappa shape index (κ2) is 8.97. The molecule has 1 unspecified atom stereocenters. The number of hydrogen-bond acceptors (Lipinski definition) is 4. The summed E-state index contributed by atoms with van der Waals surface area (Å²) in [5, 5.41) is 0. The van der Waals surface area contributed by atoms with Crippen molar-refractivity contribution in [1.29, 1.82) is 0 Å². The third kappa shape index (κ3) is 6.24. The number of rotatable bonds is 7. The molecule has 0 saturated heterocycles. The molecule has 16 heavy (non-hydrogen) atoms. The average molecular weight is 228 g/mol. The predicted molar refractivity (Wildman–Crippen MR) is 61.7 cm³/mol. The number of ether oxygens (including phenoxy) is 3. The molecule has 0 N–H and O–H groups in total. The first-order valence-corrected chi connectivity index (χ1v) is 5.03. The normalized spacial score (nSPS) is 15.7. The molecule has 0 saturated carbocycles. The minimum Gasteiger partial charge on any atom is -0.492 e. The lowest BCUT2D eigenvalue weighted by Gasteiger charge is -2.12. The van der Waals surface area contributed by atoms with Gasteiger partial charge >= 0.3 is 0 Å². The molecular formula is C12H20O4. The zero-order chi connectivity index (χ0) is 10.9. The summed E-state index contributed by atoms with van der Waals surface area (Å²) in [6.07, 6.45) is 7.67. The Morgan fingerprint density at radius 1 is 1.44 bits per heavy atom. The van der Waals surface area contributed by atoms with E-state index in [0.717, 1.165) is 18.6 Å². The van der Waals surface area contributed by atoms with E-state index in [1.54, 1.807) is 6.92 Å². The molecule has 0 amide bonds. The standard InChI is InChI=1S/C11H16O4.CH4/c1-10(15-9-12)13-7-8-14-11-5-3-2-4-6-11;/h3,5-6,9-10H,2,4,7-8H2,1H3;1H4. The second-order valence-electron chi connectivity index (χ2n) is 3.11. The molecule has 0 heterocycles. The van der Waals surface area contributed by atoms with Gasteiger partial charge in [-0.2, -0.15) is 0 Å². The lowest BCUT2D eigenvalue weighted by Crippen LogP contribution is -2.15. The Balaban J connectivity index is 0.00000225. The largest absolute Gasteiger partial charge is 0.492 e. The summed E-state index contributed by atoms with van der Waals surface area (Å²) in [6.45, 7) is 2.90. The summed E-state index contributed by atoms with van der Waals surface area (Å²) in [6, 6.07) is 0. The molecule has 1 atom stereocenters. The third-order valence-corrected chi connectivity index (χ3v) is 1.91. The van der Waals surface area contributed by atoms with Gasteiger partial charge in [-0.05, 0) is 31.9 Å². The van der Waals surface area contributed by atoms with E-state index in [2.05, 4.69) is 10.8 Å². The van der Waals surface area contributed by atoms with Crippen molar-refractivity contribution in [2.24, 2.45) is 0 Å². The molecule has 1 aliphatic rings. The Bertz CT molecular complexity index is 245. The molecule has 1 aliphatic carbocycles. The molecule has 0 aromatic carbocycles. The Morgan fingerprint density at radius 2 is 2.25 bits per heavy atom. The number of hydrogen-bond donors (Lipinski definition) is 0. The highest BCUT2D eigenvalue weighted by molar-refractivity contribution is 5.37. The highest BCUT2D eigenvalue weighted by Crippen LogP contribution is 2.10. The van der Waals surface area contributed by atoms with Gasteiger partial charge in [0.2, 0.25) is 0 Å². The minimum absolute atomic E-state index is 0. The van der Waals surface area contributed by atoms with E-state index < -0.39 is 6.29 Å². The summed E-state index contributed by atoms with van der Waals surface area (Å²) in [4.78, 5) is 9.94. The van der Waals surface area contributed by atoms with Crippen LogP contribution >= 0.6 is 0 Å². The summed E-state index contributed by atoms with van der Waals surface area (Å²) in [5.74, 6) is 0.883. The quantitative estimate of drug-likeness (QED) is 0.381. The molecule has 0 aromatic heterocycles. The Morgan fingerprint density at radius 3 is 2.88 bits per heavy atom.